The highest BCUT2D eigenvalue weighted by Gasteiger charge is 2.10. The molecule has 0 spiro atoms. The number of hydrogen-bond acceptors (Lipinski definition) is 1. The lowest BCUT2D eigenvalue weighted by Gasteiger charge is -2.06. The standard InChI is InChI=1S/C16H11Cl2N/c1-11-9-13(7-8-15(11)17)16(18)14(10-19)12-5-3-2-4-6-12/h2-9H,1H3/b16-14+. The molecular weight excluding hydrogens is 277 g/mol. The molecule has 0 saturated heterocycles. The molecule has 0 N–H and O–H groups in total. The van der Waals surface area contributed by atoms with Gasteiger partial charge < -0.3 is 0 Å². The number of aryl methyl sites for hydroxylation is 1. The van der Waals surface area contributed by atoms with E-state index in [2.05, 4.69) is 6.07 Å². The SMILES string of the molecule is Cc1cc(/C(Cl)=C(/C#N)c2ccccc2)ccc1Cl. The maximum absolute atomic E-state index is 9.32. The lowest BCUT2D eigenvalue weighted by Crippen LogP contribution is -1.87. The first-order valence-corrected chi connectivity index (χ1v) is 6.51. The van der Waals surface area contributed by atoms with Gasteiger partial charge in [-0.05, 0) is 35.7 Å². The molecule has 0 atom stereocenters. The molecule has 0 unspecified atom stereocenters. The minimum atomic E-state index is 0.438. The molecule has 0 radical (unpaired) electrons. The van der Waals surface area contributed by atoms with Crippen LogP contribution in [-0.4, -0.2) is 0 Å². The predicted octanol–water partition coefficient (Wildman–Crippen LogP) is 5.28. The van der Waals surface area contributed by atoms with Crippen molar-refractivity contribution in [1.29, 1.82) is 5.26 Å². The van der Waals surface area contributed by atoms with Crippen molar-refractivity contribution < 1.29 is 0 Å². The van der Waals surface area contributed by atoms with Gasteiger partial charge in [0.25, 0.3) is 0 Å². The number of nitrogens with zero attached hydrogens (tertiary/aromatic N) is 1. The van der Waals surface area contributed by atoms with Crippen molar-refractivity contribution in [1.82, 2.24) is 0 Å². The highest BCUT2D eigenvalue weighted by atomic mass is 35.5. The van der Waals surface area contributed by atoms with Crippen LogP contribution in [0.4, 0.5) is 0 Å². The van der Waals surface area contributed by atoms with E-state index in [0.29, 0.717) is 15.6 Å². The van der Waals surface area contributed by atoms with Gasteiger partial charge in [0.05, 0.1) is 10.6 Å². The molecule has 19 heavy (non-hydrogen) atoms. The Morgan fingerprint density at radius 2 is 1.74 bits per heavy atom. The summed E-state index contributed by atoms with van der Waals surface area (Å²) in [5.41, 5.74) is 3.00. The summed E-state index contributed by atoms with van der Waals surface area (Å²) in [6.45, 7) is 1.91. The van der Waals surface area contributed by atoms with Crippen LogP contribution in [0.15, 0.2) is 48.5 Å². The highest BCUT2D eigenvalue weighted by molar-refractivity contribution is 6.53. The monoisotopic (exact) mass is 287 g/mol. The van der Waals surface area contributed by atoms with Crippen molar-refractivity contribution in [2.75, 3.05) is 0 Å². The molecule has 0 heterocycles. The number of hydrogen-bond donors (Lipinski definition) is 0. The first kappa shape index (κ1) is 13.7. The fourth-order valence-electron chi connectivity index (χ4n) is 1.77. The van der Waals surface area contributed by atoms with Gasteiger partial charge in [-0.25, -0.2) is 0 Å². The molecular formula is C16H11Cl2N. The molecule has 3 heteroatoms. The molecule has 0 aromatic heterocycles. The lowest BCUT2D eigenvalue weighted by molar-refractivity contribution is 1.45. The van der Waals surface area contributed by atoms with Gasteiger partial charge in [-0.1, -0.05) is 59.6 Å². The Labute approximate surface area is 122 Å². The van der Waals surface area contributed by atoms with Gasteiger partial charge in [0.2, 0.25) is 0 Å². The molecule has 0 saturated carbocycles. The van der Waals surface area contributed by atoms with Crippen LogP contribution in [0.3, 0.4) is 0 Å². The normalized spacial score (nSPS) is 11.7. The zero-order chi connectivity index (χ0) is 13.8. The second kappa shape index (κ2) is 5.93. The van der Waals surface area contributed by atoms with E-state index >= 15 is 0 Å². The molecule has 0 amide bonds. The maximum Gasteiger partial charge on any atom is 0.101 e. The fourth-order valence-corrected chi connectivity index (χ4v) is 2.16. The van der Waals surface area contributed by atoms with Gasteiger partial charge in [0.15, 0.2) is 0 Å². The average Bonchev–Trinajstić information content (AvgIpc) is 2.44. The topological polar surface area (TPSA) is 23.8 Å². The molecule has 0 fully saturated rings. The van der Waals surface area contributed by atoms with Gasteiger partial charge in [-0.2, -0.15) is 5.26 Å². The van der Waals surface area contributed by atoms with Gasteiger partial charge in [-0.15, -0.1) is 0 Å². The van der Waals surface area contributed by atoms with E-state index in [1.165, 1.54) is 0 Å². The number of nitriles is 1. The summed E-state index contributed by atoms with van der Waals surface area (Å²) in [6.07, 6.45) is 0. The van der Waals surface area contributed by atoms with Gasteiger partial charge in [0.1, 0.15) is 6.07 Å². The molecule has 0 bridgehead atoms. The number of benzene rings is 2. The lowest BCUT2D eigenvalue weighted by atomic mass is 10.0. The van der Waals surface area contributed by atoms with Crippen LogP contribution in [0.1, 0.15) is 16.7 Å². The summed E-state index contributed by atoms with van der Waals surface area (Å²) in [6, 6.07) is 17.0. The number of rotatable bonds is 2. The summed E-state index contributed by atoms with van der Waals surface area (Å²) in [7, 11) is 0. The van der Waals surface area contributed by atoms with E-state index in [9.17, 15) is 5.26 Å². The van der Waals surface area contributed by atoms with E-state index in [1.54, 1.807) is 6.07 Å². The largest absolute Gasteiger partial charge is 0.192 e. The van der Waals surface area contributed by atoms with Crippen molar-refractivity contribution >= 4 is 33.8 Å². The molecule has 94 valence electrons. The second-order valence-electron chi connectivity index (χ2n) is 4.13. The summed E-state index contributed by atoms with van der Waals surface area (Å²) in [4.78, 5) is 0. The third-order valence-electron chi connectivity index (χ3n) is 2.81. The fraction of sp³-hybridized carbons (Fsp3) is 0.0625. The Morgan fingerprint density at radius 3 is 2.32 bits per heavy atom. The molecule has 2 aromatic carbocycles. The van der Waals surface area contributed by atoms with E-state index < -0.39 is 0 Å². The zero-order valence-electron chi connectivity index (χ0n) is 10.3. The van der Waals surface area contributed by atoms with Crippen LogP contribution < -0.4 is 0 Å². The zero-order valence-corrected chi connectivity index (χ0v) is 11.8. The van der Waals surface area contributed by atoms with Crippen molar-refractivity contribution in [3.05, 3.63) is 70.2 Å². The Hall–Kier alpha value is -1.75. The summed E-state index contributed by atoms with van der Waals surface area (Å²) in [5.74, 6) is 0. The van der Waals surface area contributed by atoms with Gasteiger partial charge in [0, 0.05) is 5.02 Å². The summed E-state index contributed by atoms with van der Waals surface area (Å²) in [5, 5.41) is 10.4. The van der Waals surface area contributed by atoms with Crippen LogP contribution in [0, 0.1) is 18.3 Å². The molecule has 0 aliphatic rings. The van der Waals surface area contributed by atoms with Crippen LogP contribution >= 0.6 is 23.2 Å². The highest BCUT2D eigenvalue weighted by Crippen LogP contribution is 2.31. The van der Waals surface area contributed by atoms with Crippen LogP contribution in [0.25, 0.3) is 10.6 Å². The Balaban J connectivity index is 2.56. The van der Waals surface area contributed by atoms with E-state index in [4.69, 9.17) is 23.2 Å². The van der Waals surface area contributed by atoms with E-state index in [0.717, 1.165) is 16.7 Å². The Bertz CT molecular complexity index is 667. The maximum atomic E-state index is 9.32. The summed E-state index contributed by atoms with van der Waals surface area (Å²) >= 11 is 12.3. The quantitative estimate of drug-likeness (QED) is 0.545. The first-order valence-electron chi connectivity index (χ1n) is 5.75. The van der Waals surface area contributed by atoms with Crippen molar-refractivity contribution in [2.45, 2.75) is 6.92 Å². The van der Waals surface area contributed by atoms with E-state index in [1.807, 2.05) is 49.4 Å². The Kier molecular flexibility index (Phi) is 4.27. The van der Waals surface area contributed by atoms with E-state index in [-0.39, 0.29) is 0 Å². The van der Waals surface area contributed by atoms with Crippen molar-refractivity contribution in [2.24, 2.45) is 0 Å². The molecule has 2 rings (SSSR count). The third-order valence-corrected chi connectivity index (χ3v) is 3.64. The second-order valence-corrected chi connectivity index (χ2v) is 4.92. The van der Waals surface area contributed by atoms with Crippen molar-refractivity contribution in [3.63, 3.8) is 0 Å². The first-order chi connectivity index (χ1) is 9.13. The minimum Gasteiger partial charge on any atom is -0.192 e. The van der Waals surface area contributed by atoms with Crippen LogP contribution in [0.5, 0.6) is 0 Å². The minimum absolute atomic E-state index is 0.438. The molecule has 0 aliphatic carbocycles. The molecule has 0 aliphatic heterocycles. The third kappa shape index (κ3) is 2.98. The summed E-state index contributed by atoms with van der Waals surface area (Å²) < 4.78 is 0. The smallest absolute Gasteiger partial charge is 0.101 e. The van der Waals surface area contributed by atoms with Gasteiger partial charge >= 0.3 is 0 Å². The average molecular weight is 288 g/mol. The predicted molar refractivity (Wildman–Crippen MR) is 80.9 cm³/mol. The molecule has 2 aromatic rings. The van der Waals surface area contributed by atoms with Gasteiger partial charge in [-0.3, -0.25) is 0 Å². The Morgan fingerprint density at radius 1 is 1.05 bits per heavy atom. The van der Waals surface area contributed by atoms with Crippen LogP contribution in [0.2, 0.25) is 5.02 Å². The van der Waals surface area contributed by atoms with Crippen molar-refractivity contribution in [3.8, 4) is 6.07 Å². The van der Waals surface area contributed by atoms with Crippen LogP contribution in [-0.2, 0) is 0 Å². The number of halogens is 2. The molecule has 1 nitrogen and oxygen atoms in total. The number of allylic oxidation sites excluding steroid dienone is 1.